The number of nitrogens with one attached hydrogen (secondary N) is 1. The largest absolute Gasteiger partial charge is 0.396 e. The summed E-state index contributed by atoms with van der Waals surface area (Å²) in [7, 11) is 0. The molecule has 2 atom stereocenters. The van der Waals surface area contributed by atoms with Crippen LogP contribution in [0.4, 0.5) is 0 Å². The van der Waals surface area contributed by atoms with E-state index in [0.29, 0.717) is 0 Å². The molecule has 0 aliphatic carbocycles. The van der Waals surface area contributed by atoms with Crippen molar-refractivity contribution in [1.82, 2.24) is 5.32 Å². The minimum Gasteiger partial charge on any atom is -0.396 e. The predicted molar refractivity (Wildman–Crippen MR) is 52.8 cm³/mol. The van der Waals surface area contributed by atoms with Crippen molar-refractivity contribution in [2.24, 2.45) is 0 Å². The maximum Gasteiger partial charge on any atom is 0.0730 e. The van der Waals surface area contributed by atoms with E-state index in [2.05, 4.69) is 19.2 Å². The second-order valence-electron chi connectivity index (χ2n) is 3.82. The number of aliphatic hydroxyl groups excluding tert-OH is 1. The van der Waals surface area contributed by atoms with Crippen LogP contribution >= 0.6 is 0 Å². The van der Waals surface area contributed by atoms with Crippen molar-refractivity contribution >= 4 is 0 Å². The summed E-state index contributed by atoms with van der Waals surface area (Å²) in [6.45, 7) is 6.31. The first-order valence-corrected chi connectivity index (χ1v) is 5.22. The van der Waals surface area contributed by atoms with Gasteiger partial charge in [-0.25, -0.2) is 0 Å². The first-order chi connectivity index (χ1) is 6.25. The van der Waals surface area contributed by atoms with Crippen LogP contribution in [0.25, 0.3) is 0 Å². The Hall–Kier alpha value is -0.120. The summed E-state index contributed by atoms with van der Waals surface area (Å²) in [5.74, 6) is 0. The number of hydrogen-bond donors (Lipinski definition) is 2. The summed E-state index contributed by atoms with van der Waals surface area (Å²) < 4.78 is 5.54. The van der Waals surface area contributed by atoms with E-state index in [1.807, 2.05) is 0 Å². The Morgan fingerprint density at radius 2 is 2.38 bits per heavy atom. The first-order valence-electron chi connectivity index (χ1n) is 5.22. The molecule has 3 heteroatoms. The summed E-state index contributed by atoms with van der Waals surface area (Å²) in [5.41, 5.74) is 0.0325. The molecule has 0 saturated carbocycles. The summed E-state index contributed by atoms with van der Waals surface area (Å²) in [5, 5.41) is 12.5. The van der Waals surface area contributed by atoms with Gasteiger partial charge in [0, 0.05) is 18.8 Å². The van der Waals surface area contributed by atoms with Crippen molar-refractivity contribution in [3.8, 4) is 0 Å². The number of hydrogen-bond acceptors (Lipinski definition) is 3. The lowest BCUT2D eigenvalue weighted by atomic mass is 9.88. The van der Waals surface area contributed by atoms with E-state index in [9.17, 15) is 0 Å². The van der Waals surface area contributed by atoms with Crippen LogP contribution in [0.3, 0.4) is 0 Å². The molecule has 1 rings (SSSR count). The maximum absolute atomic E-state index is 9.01. The first kappa shape index (κ1) is 11.0. The number of rotatable bonds is 5. The molecule has 2 N–H and O–H groups in total. The molecule has 0 spiro atoms. The van der Waals surface area contributed by atoms with E-state index in [4.69, 9.17) is 9.84 Å². The lowest BCUT2D eigenvalue weighted by molar-refractivity contribution is 0.0710. The van der Waals surface area contributed by atoms with E-state index in [1.165, 1.54) is 0 Å². The molecule has 0 aromatic heterocycles. The molecule has 2 unspecified atom stereocenters. The van der Waals surface area contributed by atoms with E-state index in [1.54, 1.807) is 0 Å². The van der Waals surface area contributed by atoms with E-state index < -0.39 is 0 Å². The highest BCUT2D eigenvalue weighted by Gasteiger charge is 2.40. The van der Waals surface area contributed by atoms with Crippen LogP contribution in [0, 0.1) is 0 Å². The Morgan fingerprint density at radius 3 is 2.85 bits per heavy atom. The van der Waals surface area contributed by atoms with Gasteiger partial charge in [-0.1, -0.05) is 6.92 Å². The number of ether oxygens (including phenoxy) is 1. The third kappa shape index (κ3) is 2.42. The molecule has 3 nitrogen and oxygen atoms in total. The Morgan fingerprint density at radius 1 is 1.62 bits per heavy atom. The Labute approximate surface area is 80.5 Å². The third-order valence-electron chi connectivity index (χ3n) is 2.98. The van der Waals surface area contributed by atoms with Gasteiger partial charge in [0.15, 0.2) is 0 Å². The van der Waals surface area contributed by atoms with Crippen LogP contribution < -0.4 is 5.32 Å². The van der Waals surface area contributed by atoms with Gasteiger partial charge in [-0.15, -0.1) is 0 Å². The molecule has 1 saturated heterocycles. The van der Waals surface area contributed by atoms with Crippen LogP contribution in [0.15, 0.2) is 0 Å². The second-order valence-corrected chi connectivity index (χ2v) is 3.82. The van der Waals surface area contributed by atoms with Gasteiger partial charge < -0.3 is 15.2 Å². The van der Waals surface area contributed by atoms with Crippen molar-refractivity contribution in [2.75, 3.05) is 19.8 Å². The van der Waals surface area contributed by atoms with Crippen molar-refractivity contribution in [3.05, 3.63) is 0 Å². The van der Waals surface area contributed by atoms with Gasteiger partial charge in [0.05, 0.1) is 6.10 Å². The number of aliphatic hydroxyl groups is 1. The second kappa shape index (κ2) is 4.94. The normalized spacial score (nSPS) is 33.9. The molecular weight excluding hydrogens is 166 g/mol. The smallest absolute Gasteiger partial charge is 0.0730 e. The monoisotopic (exact) mass is 187 g/mol. The van der Waals surface area contributed by atoms with Crippen LogP contribution in [0.5, 0.6) is 0 Å². The van der Waals surface area contributed by atoms with E-state index in [0.717, 1.165) is 32.4 Å². The fourth-order valence-corrected chi connectivity index (χ4v) is 2.00. The van der Waals surface area contributed by atoms with Crippen LogP contribution in [0.2, 0.25) is 0 Å². The zero-order valence-electron chi connectivity index (χ0n) is 8.68. The lowest BCUT2D eigenvalue weighted by Crippen LogP contribution is -2.51. The zero-order valence-corrected chi connectivity index (χ0v) is 8.68. The van der Waals surface area contributed by atoms with Crippen LogP contribution in [0.1, 0.15) is 33.1 Å². The summed E-state index contributed by atoms with van der Waals surface area (Å²) in [4.78, 5) is 0. The van der Waals surface area contributed by atoms with Crippen LogP contribution in [-0.4, -0.2) is 36.5 Å². The minimum absolute atomic E-state index is 0.0325. The molecule has 1 fully saturated rings. The fraction of sp³-hybridized carbons (Fsp3) is 1.00. The molecule has 0 bridgehead atoms. The molecule has 1 heterocycles. The summed E-state index contributed by atoms with van der Waals surface area (Å²) >= 11 is 0. The maximum atomic E-state index is 9.01. The van der Waals surface area contributed by atoms with Gasteiger partial charge in [-0.3, -0.25) is 0 Å². The topological polar surface area (TPSA) is 41.5 Å². The quantitative estimate of drug-likeness (QED) is 0.672. The average Bonchev–Trinajstić information content (AvgIpc) is 2.46. The van der Waals surface area contributed by atoms with E-state index in [-0.39, 0.29) is 18.2 Å². The molecule has 1 aliphatic rings. The standard InChI is InChI=1S/C10H21NO2/c1-3-6-11-10(4-7-12)5-8-13-9(10)2/h9,11-12H,3-8H2,1-2H3. The van der Waals surface area contributed by atoms with Crippen molar-refractivity contribution < 1.29 is 9.84 Å². The third-order valence-corrected chi connectivity index (χ3v) is 2.98. The van der Waals surface area contributed by atoms with E-state index >= 15 is 0 Å². The summed E-state index contributed by atoms with van der Waals surface area (Å²) in [6.07, 6.45) is 3.18. The highest BCUT2D eigenvalue weighted by molar-refractivity contribution is 4.97. The van der Waals surface area contributed by atoms with Crippen LogP contribution in [-0.2, 0) is 4.74 Å². The highest BCUT2D eigenvalue weighted by Crippen LogP contribution is 2.28. The zero-order chi connectivity index (χ0) is 9.73. The minimum atomic E-state index is 0.0325. The van der Waals surface area contributed by atoms with Gasteiger partial charge in [-0.2, -0.15) is 0 Å². The van der Waals surface area contributed by atoms with Gasteiger partial charge in [0.2, 0.25) is 0 Å². The molecule has 78 valence electrons. The fourth-order valence-electron chi connectivity index (χ4n) is 2.00. The molecule has 0 radical (unpaired) electrons. The molecule has 0 amide bonds. The summed E-state index contributed by atoms with van der Waals surface area (Å²) in [6, 6.07) is 0. The Bertz CT molecular complexity index is 152. The molecule has 0 aromatic rings. The van der Waals surface area contributed by atoms with Gasteiger partial charge in [0.1, 0.15) is 0 Å². The molecule has 1 aliphatic heterocycles. The molecule has 13 heavy (non-hydrogen) atoms. The molecule has 0 aromatic carbocycles. The Kier molecular flexibility index (Phi) is 4.16. The highest BCUT2D eigenvalue weighted by atomic mass is 16.5. The average molecular weight is 187 g/mol. The SMILES string of the molecule is CCCNC1(CCO)CCOC1C. The van der Waals surface area contributed by atoms with Crippen molar-refractivity contribution in [2.45, 2.75) is 44.8 Å². The van der Waals surface area contributed by atoms with Gasteiger partial charge >= 0.3 is 0 Å². The van der Waals surface area contributed by atoms with Crippen molar-refractivity contribution in [1.29, 1.82) is 0 Å². The molecular formula is C10H21NO2. The van der Waals surface area contributed by atoms with Crippen molar-refractivity contribution in [3.63, 3.8) is 0 Å². The Balaban J connectivity index is 2.51. The predicted octanol–water partition coefficient (Wildman–Crippen LogP) is 0.916. The van der Waals surface area contributed by atoms with Gasteiger partial charge in [-0.05, 0) is 32.7 Å². The lowest BCUT2D eigenvalue weighted by Gasteiger charge is -2.33. The van der Waals surface area contributed by atoms with Gasteiger partial charge in [0.25, 0.3) is 0 Å².